The highest BCUT2D eigenvalue weighted by Crippen LogP contribution is 2.11. The number of aryl methyl sites for hydroxylation is 1. The number of carbonyl (C=O) groups is 2. The van der Waals surface area contributed by atoms with Crippen LogP contribution in [0.5, 0.6) is 0 Å². The maximum Gasteiger partial charge on any atom is 0.407 e. The standard InChI is InChI=1S/C19H28F2N2O3/c1-12(2)16(23-18(25)26-19(3,4)5)11-22-17(24)9-7-13-6-8-14(20)15(21)10-13/h6,8,10,12,16H,7,9,11H2,1-5H3,(H,22,24)(H,23,25). The van der Waals surface area contributed by atoms with Crippen LogP contribution in [0, 0.1) is 17.6 Å². The topological polar surface area (TPSA) is 67.4 Å². The monoisotopic (exact) mass is 370 g/mol. The van der Waals surface area contributed by atoms with E-state index in [-0.39, 0.29) is 30.8 Å². The molecule has 0 aliphatic heterocycles. The molecule has 0 fully saturated rings. The van der Waals surface area contributed by atoms with E-state index in [1.165, 1.54) is 6.07 Å². The first kappa shape index (κ1) is 21.9. The van der Waals surface area contributed by atoms with Gasteiger partial charge in [-0.2, -0.15) is 0 Å². The summed E-state index contributed by atoms with van der Waals surface area (Å²) in [4.78, 5) is 23.9. The van der Waals surface area contributed by atoms with E-state index in [2.05, 4.69) is 10.6 Å². The van der Waals surface area contributed by atoms with E-state index in [0.29, 0.717) is 12.0 Å². The molecule has 0 radical (unpaired) electrons. The summed E-state index contributed by atoms with van der Waals surface area (Å²) in [5.41, 5.74) is -0.0504. The number of nitrogens with one attached hydrogen (secondary N) is 2. The molecule has 2 N–H and O–H groups in total. The molecule has 0 spiro atoms. The fourth-order valence-electron chi connectivity index (χ4n) is 2.18. The van der Waals surface area contributed by atoms with Gasteiger partial charge in [0.2, 0.25) is 5.91 Å². The predicted molar refractivity (Wildman–Crippen MR) is 95.7 cm³/mol. The van der Waals surface area contributed by atoms with Gasteiger partial charge in [-0.15, -0.1) is 0 Å². The Morgan fingerprint density at radius 1 is 1.15 bits per heavy atom. The van der Waals surface area contributed by atoms with Gasteiger partial charge < -0.3 is 15.4 Å². The zero-order chi connectivity index (χ0) is 19.9. The van der Waals surface area contributed by atoms with Gasteiger partial charge in [0.1, 0.15) is 5.60 Å². The van der Waals surface area contributed by atoms with E-state index >= 15 is 0 Å². The quantitative estimate of drug-likeness (QED) is 0.771. The molecule has 1 aromatic carbocycles. The summed E-state index contributed by atoms with van der Waals surface area (Å²) >= 11 is 0. The van der Waals surface area contributed by atoms with Crippen LogP contribution >= 0.6 is 0 Å². The van der Waals surface area contributed by atoms with Crippen molar-refractivity contribution in [2.45, 2.75) is 59.1 Å². The number of benzene rings is 1. The molecule has 7 heteroatoms. The second kappa shape index (κ2) is 9.50. The second-order valence-corrected chi connectivity index (χ2v) is 7.55. The lowest BCUT2D eigenvalue weighted by Crippen LogP contribution is -2.48. The third-order valence-corrected chi connectivity index (χ3v) is 3.65. The largest absolute Gasteiger partial charge is 0.444 e. The molecule has 0 saturated carbocycles. The average Bonchev–Trinajstić information content (AvgIpc) is 2.50. The smallest absolute Gasteiger partial charge is 0.407 e. The molecule has 5 nitrogen and oxygen atoms in total. The number of carbonyl (C=O) groups excluding carboxylic acids is 2. The Balaban J connectivity index is 2.46. The number of halogens is 2. The van der Waals surface area contributed by atoms with E-state index in [0.717, 1.165) is 12.1 Å². The van der Waals surface area contributed by atoms with Crippen molar-refractivity contribution in [1.29, 1.82) is 0 Å². The summed E-state index contributed by atoms with van der Waals surface area (Å²) in [7, 11) is 0. The van der Waals surface area contributed by atoms with Gasteiger partial charge in [0, 0.05) is 13.0 Å². The zero-order valence-corrected chi connectivity index (χ0v) is 16.0. The van der Waals surface area contributed by atoms with Crippen LogP contribution in [-0.2, 0) is 16.0 Å². The first-order valence-electron chi connectivity index (χ1n) is 8.68. The number of hydrogen-bond donors (Lipinski definition) is 2. The Hall–Kier alpha value is -2.18. The van der Waals surface area contributed by atoms with Crippen molar-refractivity contribution in [1.82, 2.24) is 10.6 Å². The number of rotatable bonds is 7. The predicted octanol–water partition coefficient (Wildman–Crippen LogP) is 3.56. The van der Waals surface area contributed by atoms with Gasteiger partial charge in [-0.05, 0) is 50.8 Å². The number of ether oxygens (including phenoxy) is 1. The normalized spacial score (nSPS) is 12.6. The van der Waals surface area contributed by atoms with Crippen LogP contribution in [0.25, 0.3) is 0 Å². The van der Waals surface area contributed by atoms with Crippen molar-refractivity contribution in [3.63, 3.8) is 0 Å². The highest BCUT2D eigenvalue weighted by molar-refractivity contribution is 5.76. The van der Waals surface area contributed by atoms with Crippen LogP contribution in [0.4, 0.5) is 13.6 Å². The van der Waals surface area contributed by atoms with Crippen molar-refractivity contribution in [2.75, 3.05) is 6.54 Å². The van der Waals surface area contributed by atoms with Gasteiger partial charge in [0.05, 0.1) is 6.04 Å². The molecule has 1 rings (SSSR count). The molecule has 26 heavy (non-hydrogen) atoms. The molecule has 1 aromatic rings. The Morgan fingerprint density at radius 3 is 2.35 bits per heavy atom. The maximum absolute atomic E-state index is 13.2. The van der Waals surface area contributed by atoms with E-state index in [4.69, 9.17) is 4.74 Å². The molecule has 0 bridgehead atoms. The van der Waals surface area contributed by atoms with E-state index in [1.807, 2.05) is 13.8 Å². The zero-order valence-electron chi connectivity index (χ0n) is 16.0. The van der Waals surface area contributed by atoms with Crippen LogP contribution in [0.3, 0.4) is 0 Å². The third kappa shape index (κ3) is 8.27. The minimum absolute atomic E-state index is 0.0917. The molecular weight excluding hydrogens is 342 g/mol. The Morgan fingerprint density at radius 2 is 1.81 bits per heavy atom. The second-order valence-electron chi connectivity index (χ2n) is 7.55. The average molecular weight is 370 g/mol. The summed E-state index contributed by atoms with van der Waals surface area (Å²) in [6.07, 6.45) is -0.0933. The minimum Gasteiger partial charge on any atom is -0.444 e. The molecule has 2 amide bonds. The lowest BCUT2D eigenvalue weighted by Gasteiger charge is -2.26. The molecular formula is C19H28F2N2O3. The lowest BCUT2D eigenvalue weighted by atomic mass is 10.0. The number of alkyl carbamates (subject to hydrolysis) is 1. The number of hydrogen-bond acceptors (Lipinski definition) is 3. The van der Waals surface area contributed by atoms with Gasteiger partial charge in [-0.1, -0.05) is 19.9 Å². The summed E-state index contributed by atoms with van der Waals surface area (Å²) in [6, 6.07) is 3.30. The third-order valence-electron chi connectivity index (χ3n) is 3.65. The molecule has 146 valence electrons. The molecule has 0 aliphatic carbocycles. The summed E-state index contributed by atoms with van der Waals surface area (Å²) in [5, 5.41) is 5.50. The maximum atomic E-state index is 13.2. The Labute approximate surface area is 153 Å². The first-order chi connectivity index (χ1) is 12.0. The van der Waals surface area contributed by atoms with Crippen molar-refractivity contribution in [2.24, 2.45) is 5.92 Å². The van der Waals surface area contributed by atoms with E-state index < -0.39 is 23.3 Å². The van der Waals surface area contributed by atoms with E-state index in [1.54, 1.807) is 20.8 Å². The fraction of sp³-hybridized carbons (Fsp3) is 0.579. The van der Waals surface area contributed by atoms with Crippen LogP contribution in [0.2, 0.25) is 0 Å². The van der Waals surface area contributed by atoms with Crippen molar-refractivity contribution in [3.05, 3.63) is 35.4 Å². The molecule has 0 aromatic heterocycles. The van der Waals surface area contributed by atoms with E-state index in [9.17, 15) is 18.4 Å². The molecule has 0 aliphatic rings. The molecule has 0 heterocycles. The van der Waals surface area contributed by atoms with Crippen molar-refractivity contribution < 1.29 is 23.1 Å². The van der Waals surface area contributed by atoms with Gasteiger partial charge >= 0.3 is 6.09 Å². The lowest BCUT2D eigenvalue weighted by molar-refractivity contribution is -0.121. The highest BCUT2D eigenvalue weighted by atomic mass is 19.2. The highest BCUT2D eigenvalue weighted by Gasteiger charge is 2.21. The molecule has 1 unspecified atom stereocenters. The SMILES string of the molecule is CC(C)C(CNC(=O)CCc1ccc(F)c(F)c1)NC(=O)OC(C)(C)C. The minimum atomic E-state index is -0.927. The van der Waals surface area contributed by atoms with Crippen molar-refractivity contribution >= 4 is 12.0 Å². The number of amides is 2. The Kier molecular flexibility index (Phi) is 7.99. The fourth-order valence-corrected chi connectivity index (χ4v) is 2.18. The Bertz CT molecular complexity index is 628. The van der Waals surface area contributed by atoms with Crippen molar-refractivity contribution in [3.8, 4) is 0 Å². The van der Waals surface area contributed by atoms with Crippen LogP contribution in [-0.4, -0.2) is 30.2 Å². The van der Waals surface area contributed by atoms with Gasteiger partial charge in [-0.25, -0.2) is 13.6 Å². The van der Waals surface area contributed by atoms with Gasteiger partial charge in [-0.3, -0.25) is 4.79 Å². The van der Waals surface area contributed by atoms with Gasteiger partial charge in [0.25, 0.3) is 0 Å². The first-order valence-corrected chi connectivity index (χ1v) is 8.68. The summed E-state index contributed by atoms with van der Waals surface area (Å²) in [5.74, 6) is -1.98. The van der Waals surface area contributed by atoms with Crippen LogP contribution in [0.1, 0.15) is 46.6 Å². The van der Waals surface area contributed by atoms with Crippen LogP contribution in [0.15, 0.2) is 18.2 Å². The molecule has 0 saturated heterocycles. The summed E-state index contributed by atoms with van der Waals surface area (Å²) < 4.78 is 31.3. The molecule has 1 atom stereocenters. The van der Waals surface area contributed by atoms with Gasteiger partial charge in [0.15, 0.2) is 11.6 Å². The summed E-state index contributed by atoms with van der Waals surface area (Å²) in [6.45, 7) is 9.43. The van der Waals surface area contributed by atoms with Crippen LogP contribution < -0.4 is 10.6 Å².